The summed E-state index contributed by atoms with van der Waals surface area (Å²) in [5.74, 6) is -0.650. The highest BCUT2D eigenvalue weighted by atomic mass is 31.2. The van der Waals surface area contributed by atoms with Crippen LogP contribution in [0.2, 0.25) is 0 Å². The summed E-state index contributed by atoms with van der Waals surface area (Å²) in [5.41, 5.74) is 5.76. The van der Waals surface area contributed by atoms with Gasteiger partial charge in [0.25, 0.3) is 0 Å². The first kappa shape index (κ1) is 9.20. The van der Waals surface area contributed by atoms with E-state index in [0.29, 0.717) is 5.30 Å². The molecule has 0 saturated carbocycles. The minimum atomic E-state index is -2.49. The Kier molecular flexibility index (Phi) is 2.20. The third-order valence-corrected chi connectivity index (χ3v) is 3.01. The van der Waals surface area contributed by atoms with Crippen LogP contribution in [0.4, 0.5) is 10.1 Å². The summed E-state index contributed by atoms with van der Waals surface area (Å²) in [6.45, 7) is 3.08. The summed E-state index contributed by atoms with van der Waals surface area (Å²) in [4.78, 5) is 3.34. The van der Waals surface area contributed by atoms with E-state index in [1.807, 2.05) is 0 Å². The summed E-state index contributed by atoms with van der Waals surface area (Å²) in [6.07, 6.45) is 1.18. The molecule has 0 fully saturated rings. The summed E-state index contributed by atoms with van der Waals surface area (Å²) in [6, 6.07) is 1.12. The van der Waals surface area contributed by atoms with Crippen molar-refractivity contribution in [2.75, 3.05) is 19.1 Å². The topological polar surface area (TPSA) is 56.0 Å². The average Bonchev–Trinajstić information content (AvgIpc) is 1.92. The first-order chi connectivity index (χ1) is 5.41. The van der Waals surface area contributed by atoms with Crippen molar-refractivity contribution < 1.29 is 8.96 Å². The zero-order chi connectivity index (χ0) is 9.35. The number of pyridine rings is 1. The van der Waals surface area contributed by atoms with Gasteiger partial charge in [-0.15, -0.1) is 0 Å². The Morgan fingerprint density at radius 1 is 1.58 bits per heavy atom. The van der Waals surface area contributed by atoms with Crippen LogP contribution in [-0.4, -0.2) is 18.3 Å². The predicted octanol–water partition coefficient (Wildman–Crippen LogP) is 1.05. The molecule has 2 N–H and O–H groups in total. The van der Waals surface area contributed by atoms with Gasteiger partial charge in [0.2, 0.25) is 5.95 Å². The van der Waals surface area contributed by atoms with Crippen molar-refractivity contribution in [1.29, 1.82) is 0 Å². The number of rotatable bonds is 1. The van der Waals surface area contributed by atoms with Gasteiger partial charge in [0.1, 0.15) is 7.14 Å². The van der Waals surface area contributed by atoms with Crippen molar-refractivity contribution in [3.05, 3.63) is 18.2 Å². The zero-order valence-electron chi connectivity index (χ0n) is 6.91. The van der Waals surface area contributed by atoms with Crippen LogP contribution in [0, 0.1) is 5.95 Å². The Morgan fingerprint density at radius 3 is 2.58 bits per heavy atom. The Labute approximate surface area is 70.2 Å². The Balaban J connectivity index is 3.33. The third-order valence-electron chi connectivity index (χ3n) is 1.46. The highest BCUT2D eigenvalue weighted by molar-refractivity contribution is 7.70. The van der Waals surface area contributed by atoms with Gasteiger partial charge in [0.15, 0.2) is 0 Å². The number of nitrogens with two attached hydrogens (primary N) is 1. The molecule has 0 spiro atoms. The van der Waals surface area contributed by atoms with E-state index in [9.17, 15) is 8.96 Å². The van der Waals surface area contributed by atoms with Crippen molar-refractivity contribution in [2.24, 2.45) is 0 Å². The molecule has 0 aromatic carbocycles. The lowest BCUT2D eigenvalue weighted by Crippen LogP contribution is -2.11. The quantitative estimate of drug-likeness (QED) is 0.529. The van der Waals surface area contributed by atoms with E-state index >= 15 is 0 Å². The van der Waals surface area contributed by atoms with Gasteiger partial charge in [-0.2, -0.15) is 4.39 Å². The number of nitrogens with zero attached hydrogens (tertiary/aromatic N) is 1. The smallest absolute Gasteiger partial charge is 0.213 e. The highest BCUT2D eigenvalue weighted by Crippen LogP contribution is 2.36. The van der Waals surface area contributed by atoms with Crippen LogP contribution in [0.1, 0.15) is 0 Å². The normalized spacial score (nSPS) is 11.6. The molecule has 1 heterocycles. The molecular formula is C7H10FN2OP. The van der Waals surface area contributed by atoms with E-state index < -0.39 is 13.1 Å². The lowest BCUT2D eigenvalue weighted by Gasteiger charge is -2.08. The van der Waals surface area contributed by atoms with Gasteiger partial charge in [0, 0.05) is 11.4 Å². The molecule has 0 saturated heterocycles. The average molecular weight is 188 g/mol. The fourth-order valence-corrected chi connectivity index (χ4v) is 1.99. The predicted molar refractivity (Wildman–Crippen MR) is 47.7 cm³/mol. The lowest BCUT2D eigenvalue weighted by atomic mass is 10.4. The van der Waals surface area contributed by atoms with Gasteiger partial charge in [-0.05, 0) is 13.3 Å². The number of hydrogen-bond acceptors (Lipinski definition) is 3. The molecule has 0 atom stereocenters. The second-order valence-electron chi connectivity index (χ2n) is 2.92. The van der Waals surface area contributed by atoms with E-state index in [4.69, 9.17) is 5.73 Å². The standard InChI is InChI=1S/C7H10FN2OP/c1-12(2,11)6-3-7(8)10-4-5(6)9/h3-4H,9H2,1-2H3. The van der Waals surface area contributed by atoms with Crippen LogP contribution in [0.25, 0.3) is 0 Å². The van der Waals surface area contributed by atoms with Crippen LogP contribution in [0.5, 0.6) is 0 Å². The molecule has 1 aromatic rings. The first-order valence-corrected chi connectivity index (χ1v) is 5.98. The molecule has 0 aliphatic heterocycles. The maximum atomic E-state index is 12.6. The molecule has 0 amide bonds. The lowest BCUT2D eigenvalue weighted by molar-refractivity contribution is 0.580. The molecule has 1 rings (SSSR count). The Hall–Kier alpha value is -0.890. The zero-order valence-corrected chi connectivity index (χ0v) is 7.81. The van der Waals surface area contributed by atoms with Crippen LogP contribution in [-0.2, 0) is 4.57 Å². The maximum absolute atomic E-state index is 12.6. The summed E-state index contributed by atoms with van der Waals surface area (Å²) >= 11 is 0. The second kappa shape index (κ2) is 2.87. The maximum Gasteiger partial charge on any atom is 0.213 e. The molecule has 0 radical (unpaired) electrons. The molecule has 1 aromatic heterocycles. The van der Waals surface area contributed by atoms with E-state index in [1.165, 1.54) is 19.5 Å². The second-order valence-corrected chi connectivity index (χ2v) is 6.10. The fourth-order valence-electron chi connectivity index (χ4n) is 0.897. The Bertz CT molecular complexity index is 347. The highest BCUT2D eigenvalue weighted by Gasteiger charge is 2.15. The summed E-state index contributed by atoms with van der Waals surface area (Å²) < 4.78 is 24.1. The molecule has 0 aliphatic rings. The largest absolute Gasteiger partial charge is 0.397 e. The van der Waals surface area contributed by atoms with Crippen LogP contribution in [0.15, 0.2) is 12.3 Å². The molecule has 3 nitrogen and oxygen atoms in total. The van der Waals surface area contributed by atoms with Gasteiger partial charge >= 0.3 is 0 Å². The molecule has 0 aliphatic carbocycles. The summed E-state index contributed by atoms with van der Waals surface area (Å²) in [7, 11) is -2.49. The van der Waals surface area contributed by atoms with Gasteiger partial charge in [-0.25, -0.2) is 4.98 Å². The van der Waals surface area contributed by atoms with Crippen LogP contribution < -0.4 is 11.0 Å². The van der Waals surface area contributed by atoms with Crippen molar-refractivity contribution in [1.82, 2.24) is 4.98 Å². The summed E-state index contributed by atoms with van der Waals surface area (Å²) in [5, 5.41) is 0.356. The molecule has 12 heavy (non-hydrogen) atoms. The minimum Gasteiger partial charge on any atom is -0.397 e. The number of aromatic nitrogens is 1. The Morgan fingerprint density at radius 2 is 2.17 bits per heavy atom. The molecule has 66 valence electrons. The van der Waals surface area contributed by atoms with Gasteiger partial charge in [0.05, 0.1) is 11.9 Å². The van der Waals surface area contributed by atoms with E-state index in [0.717, 1.165) is 6.07 Å². The molecule has 0 bridgehead atoms. The number of hydrogen-bond donors (Lipinski definition) is 1. The van der Waals surface area contributed by atoms with Crippen molar-refractivity contribution in [3.63, 3.8) is 0 Å². The van der Waals surface area contributed by atoms with Crippen LogP contribution in [0.3, 0.4) is 0 Å². The van der Waals surface area contributed by atoms with Crippen molar-refractivity contribution >= 4 is 18.1 Å². The van der Waals surface area contributed by atoms with E-state index in [1.54, 1.807) is 0 Å². The molecular weight excluding hydrogens is 178 g/mol. The van der Waals surface area contributed by atoms with E-state index in [2.05, 4.69) is 4.98 Å². The minimum absolute atomic E-state index is 0.282. The van der Waals surface area contributed by atoms with Crippen molar-refractivity contribution in [3.8, 4) is 0 Å². The number of nitrogen functional groups attached to an aromatic ring is 1. The van der Waals surface area contributed by atoms with Gasteiger partial charge < -0.3 is 10.3 Å². The number of anilines is 1. The van der Waals surface area contributed by atoms with E-state index in [-0.39, 0.29) is 5.69 Å². The molecule has 0 unspecified atom stereocenters. The fraction of sp³-hybridized carbons (Fsp3) is 0.286. The first-order valence-electron chi connectivity index (χ1n) is 3.38. The number of halogens is 1. The van der Waals surface area contributed by atoms with Crippen LogP contribution >= 0.6 is 7.14 Å². The van der Waals surface area contributed by atoms with Gasteiger partial charge in [-0.3, -0.25) is 0 Å². The SMILES string of the molecule is CP(C)(=O)c1cc(F)ncc1N. The monoisotopic (exact) mass is 188 g/mol. The van der Waals surface area contributed by atoms with Crippen molar-refractivity contribution in [2.45, 2.75) is 0 Å². The van der Waals surface area contributed by atoms with Gasteiger partial charge in [-0.1, -0.05) is 0 Å². The third kappa shape index (κ3) is 1.83. The molecule has 5 heteroatoms.